The second-order valence-electron chi connectivity index (χ2n) is 4.26. The standard InChI is InChI=1S/C12H24Cl2/c1-11(13)9-7-5-3-4-6-8-10-12(2)14/h11-12H,3-10H2,1-2H3. The lowest BCUT2D eigenvalue weighted by molar-refractivity contribution is 0.565. The molecule has 0 aliphatic heterocycles. The minimum Gasteiger partial charge on any atom is -0.123 e. The summed E-state index contributed by atoms with van der Waals surface area (Å²) < 4.78 is 0. The normalized spacial score (nSPS) is 15.4. The van der Waals surface area contributed by atoms with Crippen LogP contribution in [-0.4, -0.2) is 10.8 Å². The molecule has 0 aliphatic carbocycles. The molecule has 0 N–H and O–H groups in total. The van der Waals surface area contributed by atoms with Crippen molar-refractivity contribution >= 4 is 23.2 Å². The molecule has 0 aromatic carbocycles. The van der Waals surface area contributed by atoms with Gasteiger partial charge in [-0.3, -0.25) is 0 Å². The molecule has 2 heteroatoms. The van der Waals surface area contributed by atoms with Gasteiger partial charge in [-0.1, -0.05) is 38.5 Å². The predicted octanol–water partition coefficient (Wildman–Crippen LogP) is 5.36. The van der Waals surface area contributed by atoms with Crippen LogP contribution in [0.15, 0.2) is 0 Å². The summed E-state index contributed by atoms with van der Waals surface area (Å²) in [6.45, 7) is 4.15. The Labute approximate surface area is 99.4 Å². The smallest absolute Gasteiger partial charge is 0.0307 e. The maximum atomic E-state index is 5.86. The van der Waals surface area contributed by atoms with Crippen LogP contribution in [0.25, 0.3) is 0 Å². The molecule has 0 fully saturated rings. The summed E-state index contributed by atoms with van der Waals surface area (Å²) in [6.07, 6.45) is 10.3. The van der Waals surface area contributed by atoms with E-state index in [0.29, 0.717) is 10.8 Å². The Morgan fingerprint density at radius 3 is 1.21 bits per heavy atom. The van der Waals surface area contributed by atoms with E-state index in [0.717, 1.165) is 0 Å². The van der Waals surface area contributed by atoms with E-state index < -0.39 is 0 Å². The van der Waals surface area contributed by atoms with Crippen LogP contribution < -0.4 is 0 Å². The Bertz CT molecular complexity index is 96.9. The first kappa shape index (κ1) is 14.6. The van der Waals surface area contributed by atoms with Gasteiger partial charge in [-0.2, -0.15) is 0 Å². The van der Waals surface area contributed by atoms with Crippen LogP contribution in [0.1, 0.15) is 65.2 Å². The summed E-state index contributed by atoms with van der Waals surface area (Å²) in [7, 11) is 0. The predicted molar refractivity (Wildman–Crippen MR) is 67.6 cm³/mol. The minimum absolute atomic E-state index is 0.354. The second kappa shape index (κ2) is 10.1. The highest BCUT2D eigenvalue weighted by Crippen LogP contribution is 2.13. The van der Waals surface area contributed by atoms with Gasteiger partial charge in [0.1, 0.15) is 0 Å². The van der Waals surface area contributed by atoms with Gasteiger partial charge in [0, 0.05) is 10.8 Å². The van der Waals surface area contributed by atoms with E-state index in [-0.39, 0.29) is 0 Å². The van der Waals surface area contributed by atoms with Crippen molar-refractivity contribution in [3.05, 3.63) is 0 Å². The topological polar surface area (TPSA) is 0 Å². The van der Waals surface area contributed by atoms with E-state index in [1.807, 2.05) is 0 Å². The monoisotopic (exact) mass is 238 g/mol. The largest absolute Gasteiger partial charge is 0.123 e. The average molecular weight is 239 g/mol. The Morgan fingerprint density at radius 2 is 0.929 bits per heavy atom. The molecule has 0 rings (SSSR count). The van der Waals surface area contributed by atoms with Crippen LogP contribution in [0.2, 0.25) is 0 Å². The third-order valence-corrected chi connectivity index (χ3v) is 2.89. The second-order valence-corrected chi connectivity index (χ2v) is 5.75. The first-order chi connectivity index (χ1) is 6.63. The fourth-order valence-corrected chi connectivity index (χ4v) is 1.87. The molecule has 0 bridgehead atoms. The SMILES string of the molecule is CC(Cl)CCCCCCCCC(C)Cl. The number of rotatable bonds is 9. The van der Waals surface area contributed by atoms with Crippen LogP contribution in [0.3, 0.4) is 0 Å². The average Bonchev–Trinajstić information content (AvgIpc) is 2.08. The molecule has 0 nitrogen and oxygen atoms in total. The van der Waals surface area contributed by atoms with Crippen molar-refractivity contribution in [2.24, 2.45) is 0 Å². The number of hydrogen-bond acceptors (Lipinski definition) is 0. The van der Waals surface area contributed by atoms with E-state index in [1.165, 1.54) is 51.4 Å². The molecular weight excluding hydrogens is 215 g/mol. The lowest BCUT2D eigenvalue weighted by atomic mass is 10.1. The van der Waals surface area contributed by atoms with Gasteiger partial charge in [0.05, 0.1) is 0 Å². The van der Waals surface area contributed by atoms with Crippen molar-refractivity contribution in [1.29, 1.82) is 0 Å². The molecule has 2 unspecified atom stereocenters. The van der Waals surface area contributed by atoms with Crippen molar-refractivity contribution < 1.29 is 0 Å². The third kappa shape index (κ3) is 12.6. The first-order valence-electron chi connectivity index (χ1n) is 5.91. The van der Waals surface area contributed by atoms with Gasteiger partial charge in [0.15, 0.2) is 0 Å². The van der Waals surface area contributed by atoms with Crippen LogP contribution in [0.5, 0.6) is 0 Å². The molecular formula is C12H24Cl2. The molecule has 0 aliphatic rings. The minimum atomic E-state index is 0.354. The summed E-state index contributed by atoms with van der Waals surface area (Å²) in [4.78, 5) is 0. The van der Waals surface area contributed by atoms with Crippen LogP contribution in [-0.2, 0) is 0 Å². The molecule has 0 aromatic rings. The number of halogens is 2. The Kier molecular flexibility index (Phi) is 10.5. The van der Waals surface area contributed by atoms with Gasteiger partial charge in [-0.05, 0) is 26.7 Å². The summed E-state index contributed by atoms with van der Waals surface area (Å²) in [5.41, 5.74) is 0. The molecule has 0 saturated heterocycles. The lowest BCUT2D eigenvalue weighted by Crippen LogP contribution is -1.91. The zero-order chi connectivity index (χ0) is 10.8. The summed E-state index contributed by atoms with van der Waals surface area (Å²) >= 11 is 11.7. The van der Waals surface area contributed by atoms with Gasteiger partial charge < -0.3 is 0 Å². The fraction of sp³-hybridized carbons (Fsp3) is 1.00. The van der Waals surface area contributed by atoms with Gasteiger partial charge in [0.25, 0.3) is 0 Å². The highest BCUT2D eigenvalue weighted by atomic mass is 35.5. The Morgan fingerprint density at radius 1 is 0.643 bits per heavy atom. The van der Waals surface area contributed by atoms with Crippen LogP contribution in [0.4, 0.5) is 0 Å². The van der Waals surface area contributed by atoms with Crippen LogP contribution in [0, 0.1) is 0 Å². The maximum Gasteiger partial charge on any atom is 0.0307 e. The van der Waals surface area contributed by atoms with Crippen LogP contribution >= 0.6 is 23.2 Å². The molecule has 0 amide bonds. The molecule has 0 aromatic heterocycles. The van der Waals surface area contributed by atoms with Crippen molar-refractivity contribution in [3.63, 3.8) is 0 Å². The molecule has 14 heavy (non-hydrogen) atoms. The third-order valence-electron chi connectivity index (χ3n) is 2.45. The molecule has 0 saturated carbocycles. The number of hydrogen-bond donors (Lipinski definition) is 0. The van der Waals surface area contributed by atoms with E-state index in [4.69, 9.17) is 23.2 Å². The number of alkyl halides is 2. The zero-order valence-electron chi connectivity index (χ0n) is 9.57. The van der Waals surface area contributed by atoms with E-state index in [1.54, 1.807) is 0 Å². The zero-order valence-corrected chi connectivity index (χ0v) is 11.1. The van der Waals surface area contributed by atoms with Gasteiger partial charge in [0.2, 0.25) is 0 Å². The van der Waals surface area contributed by atoms with Gasteiger partial charge in [-0.25, -0.2) is 0 Å². The van der Waals surface area contributed by atoms with Crippen molar-refractivity contribution in [2.45, 2.75) is 76.0 Å². The first-order valence-corrected chi connectivity index (χ1v) is 6.78. The fourth-order valence-electron chi connectivity index (χ4n) is 1.56. The molecule has 0 spiro atoms. The van der Waals surface area contributed by atoms with Gasteiger partial charge in [-0.15, -0.1) is 23.2 Å². The van der Waals surface area contributed by atoms with Crippen molar-refractivity contribution in [1.82, 2.24) is 0 Å². The molecule has 86 valence electrons. The molecule has 0 heterocycles. The highest BCUT2D eigenvalue weighted by molar-refractivity contribution is 6.20. The lowest BCUT2D eigenvalue weighted by Gasteiger charge is -2.04. The summed E-state index contributed by atoms with van der Waals surface area (Å²) in [5, 5.41) is 0.708. The number of unbranched alkanes of at least 4 members (excludes halogenated alkanes) is 5. The van der Waals surface area contributed by atoms with E-state index in [2.05, 4.69) is 13.8 Å². The molecule has 0 radical (unpaired) electrons. The Hall–Kier alpha value is 0.580. The highest BCUT2D eigenvalue weighted by Gasteiger charge is 1.97. The Balaban J connectivity index is 2.92. The quantitative estimate of drug-likeness (QED) is 0.375. The summed E-state index contributed by atoms with van der Waals surface area (Å²) in [6, 6.07) is 0. The molecule has 2 atom stereocenters. The van der Waals surface area contributed by atoms with E-state index >= 15 is 0 Å². The maximum absolute atomic E-state index is 5.86. The van der Waals surface area contributed by atoms with Gasteiger partial charge >= 0.3 is 0 Å². The van der Waals surface area contributed by atoms with E-state index in [9.17, 15) is 0 Å². The van der Waals surface area contributed by atoms with Crippen molar-refractivity contribution in [3.8, 4) is 0 Å². The van der Waals surface area contributed by atoms with Crippen molar-refractivity contribution in [2.75, 3.05) is 0 Å². The summed E-state index contributed by atoms with van der Waals surface area (Å²) in [5.74, 6) is 0.